The lowest BCUT2D eigenvalue weighted by Gasteiger charge is -2.39. The second kappa shape index (κ2) is 8.83. The molecule has 0 radical (unpaired) electrons. The molecule has 0 unspecified atom stereocenters. The minimum Gasteiger partial charge on any atom is -0.497 e. The van der Waals surface area contributed by atoms with Crippen LogP contribution in [0.2, 0.25) is 0 Å². The Balaban J connectivity index is 1.67. The highest BCUT2D eigenvalue weighted by atomic mass is 16.5. The maximum absolute atomic E-state index is 14.0. The zero-order chi connectivity index (χ0) is 24.7. The zero-order valence-electron chi connectivity index (χ0n) is 20.1. The molecule has 0 aliphatic carbocycles. The number of aryl methyl sites for hydroxylation is 1. The molecule has 35 heavy (non-hydrogen) atoms. The molecule has 3 aromatic carbocycles. The van der Waals surface area contributed by atoms with E-state index in [1.165, 1.54) is 0 Å². The highest BCUT2D eigenvalue weighted by Gasteiger charge is 2.43. The largest absolute Gasteiger partial charge is 0.497 e. The summed E-state index contributed by atoms with van der Waals surface area (Å²) in [7, 11) is 6.86. The van der Waals surface area contributed by atoms with Crippen LogP contribution in [0.3, 0.4) is 0 Å². The van der Waals surface area contributed by atoms with Gasteiger partial charge >= 0.3 is 0 Å². The standard InChI is InChI=1S/C28H27N3O4/c1-30-16-21(18-9-7-8-12-23(18)30)26-25(19-10-5-6-11-20(19)28(33)31(26)2)27(32)29-22-15-17(34-3)13-14-24(22)35-4/h5-16,25-26H,1-4H3,(H,29,32)/t25-,26-/m1/s1. The molecule has 2 atom stereocenters. The van der Waals surface area contributed by atoms with Crippen LogP contribution in [0.25, 0.3) is 10.9 Å². The van der Waals surface area contributed by atoms with Crippen LogP contribution < -0.4 is 14.8 Å². The van der Waals surface area contributed by atoms with E-state index < -0.39 is 12.0 Å². The van der Waals surface area contributed by atoms with Crippen molar-refractivity contribution in [3.63, 3.8) is 0 Å². The summed E-state index contributed by atoms with van der Waals surface area (Å²) in [6.45, 7) is 0. The second-order valence-corrected chi connectivity index (χ2v) is 8.69. The fourth-order valence-electron chi connectivity index (χ4n) is 5.08. The third-order valence-corrected chi connectivity index (χ3v) is 6.77. The number of carbonyl (C=O) groups excluding carboxylic acids is 2. The smallest absolute Gasteiger partial charge is 0.254 e. The number of likely N-dealkylation sites (N-methyl/N-ethyl adjacent to an activating group) is 1. The van der Waals surface area contributed by atoms with E-state index in [0.29, 0.717) is 28.3 Å². The van der Waals surface area contributed by atoms with Crippen LogP contribution in [0.1, 0.15) is 33.4 Å². The average Bonchev–Trinajstić information content (AvgIpc) is 3.22. The van der Waals surface area contributed by atoms with Gasteiger partial charge < -0.3 is 24.3 Å². The summed E-state index contributed by atoms with van der Waals surface area (Å²) < 4.78 is 12.9. The van der Waals surface area contributed by atoms with E-state index in [0.717, 1.165) is 16.5 Å². The molecule has 0 saturated carbocycles. The summed E-state index contributed by atoms with van der Waals surface area (Å²) in [6, 6.07) is 20.1. The molecular weight excluding hydrogens is 442 g/mol. The number of aromatic nitrogens is 1. The van der Waals surface area contributed by atoms with Gasteiger partial charge in [-0.2, -0.15) is 0 Å². The van der Waals surface area contributed by atoms with Crippen molar-refractivity contribution >= 4 is 28.4 Å². The highest BCUT2D eigenvalue weighted by molar-refractivity contribution is 6.05. The van der Waals surface area contributed by atoms with Crippen LogP contribution in [-0.4, -0.2) is 42.5 Å². The van der Waals surface area contributed by atoms with Crippen molar-refractivity contribution < 1.29 is 19.1 Å². The van der Waals surface area contributed by atoms with Crippen LogP contribution in [0.4, 0.5) is 5.69 Å². The average molecular weight is 470 g/mol. The predicted molar refractivity (Wildman–Crippen MR) is 135 cm³/mol. The van der Waals surface area contributed by atoms with Crippen molar-refractivity contribution in [2.24, 2.45) is 7.05 Å². The molecule has 0 saturated heterocycles. The maximum atomic E-state index is 14.0. The Morgan fingerprint density at radius 1 is 0.914 bits per heavy atom. The molecule has 2 heterocycles. The fraction of sp³-hybridized carbons (Fsp3) is 0.214. The van der Waals surface area contributed by atoms with Gasteiger partial charge in [-0.05, 0) is 29.8 Å². The van der Waals surface area contributed by atoms with E-state index >= 15 is 0 Å². The van der Waals surface area contributed by atoms with Crippen LogP contribution >= 0.6 is 0 Å². The number of methoxy groups -OCH3 is 2. The lowest BCUT2D eigenvalue weighted by Crippen LogP contribution is -2.44. The van der Waals surface area contributed by atoms with Crippen molar-refractivity contribution in [3.05, 3.63) is 89.6 Å². The summed E-state index contributed by atoms with van der Waals surface area (Å²) in [6.07, 6.45) is 2.01. The predicted octanol–water partition coefficient (Wildman–Crippen LogP) is 4.74. The Bertz CT molecular complexity index is 1440. The number of hydrogen-bond acceptors (Lipinski definition) is 4. The summed E-state index contributed by atoms with van der Waals surface area (Å²) >= 11 is 0. The molecule has 1 aliphatic heterocycles. The van der Waals surface area contributed by atoms with E-state index in [1.54, 1.807) is 50.4 Å². The first kappa shape index (κ1) is 22.5. The topological polar surface area (TPSA) is 72.8 Å². The number of anilines is 1. The Labute approximate surface area is 203 Å². The van der Waals surface area contributed by atoms with E-state index in [9.17, 15) is 9.59 Å². The van der Waals surface area contributed by atoms with Crippen LogP contribution in [-0.2, 0) is 11.8 Å². The van der Waals surface area contributed by atoms with Gasteiger partial charge in [-0.25, -0.2) is 0 Å². The Morgan fingerprint density at radius 3 is 2.43 bits per heavy atom. The quantitative estimate of drug-likeness (QED) is 0.458. The summed E-state index contributed by atoms with van der Waals surface area (Å²) in [5.74, 6) is 0.135. The molecule has 0 spiro atoms. The SMILES string of the molecule is COc1ccc(OC)c(NC(=O)[C@@H]2c3ccccc3C(=O)N(C)[C@@H]2c2cn(C)c3ccccc23)c1. The zero-order valence-corrected chi connectivity index (χ0v) is 20.1. The van der Waals surface area contributed by atoms with Gasteiger partial charge in [-0.1, -0.05) is 36.4 Å². The summed E-state index contributed by atoms with van der Waals surface area (Å²) in [4.78, 5) is 29.1. The van der Waals surface area contributed by atoms with Crippen LogP contribution in [0, 0.1) is 0 Å². The summed E-state index contributed by atoms with van der Waals surface area (Å²) in [5, 5.41) is 4.06. The number of rotatable bonds is 5. The van der Waals surface area contributed by atoms with E-state index in [4.69, 9.17) is 9.47 Å². The number of carbonyl (C=O) groups is 2. The molecule has 0 fully saturated rings. The molecule has 7 heteroatoms. The Morgan fingerprint density at radius 2 is 1.66 bits per heavy atom. The lowest BCUT2D eigenvalue weighted by molar-refractivity contribution is -0.119. The number of amides is 2. The first-order valence-corrected chi connectivity index (χ1v) is 11.4. The lowest BCUT2D eigenvalue weighted by atomic mass is 9.79. The van der Waals surface area contributed by atoms with Gasteiger partial charge in [0.1, 0.15) is 11.5 Å². The first-order chi connectivity index (χ1) is 16.9. The Hall–Kier alpha value is -4.26. The van der Waals surface area contributed by atoms with Crippen LogP contribution in [0.5, 0.6) is 11.5 Å². The maximum Gasteiger partial charge on any atom is 0.254 e. The monoisotopic (exact) mass is 469 g/mol. The van der Waals surface area contributed by atoms with E-state index in [-0.39, 0.29) is 11.8 Å². The molecule has 7 nitrogen and oxygen atoms in total. The van der Waals surface area contributed by atoms with Crippen molar-refractivity contribution in [3.8, 4) is 11.5 Å². The van der Waals surface area contributed by atoms with Crippen molar-refractivity contribution in [2.75, 3.05) is 26.6 Å². The van der Waals surface area contributed by atoms with Gasteiger partial charge in [0.15, 0.2) is 0 Å². The van der Waals surface area contributed by atoms with Crippen molar-refractivity contribution in [1.82, 2.24) is 9.47 Å². The number of para-hydroxylation sites is 1. The number of benzene rings is 3. The number of nitrogens with zero attached hydrogens (tertiary/aromatic N) is 2. The van der Waals surface area contributed by atoms with Gasteiger partial charge in [0.2, 0.25) is 5.91 Å². The molecule has 0 bridgehead atoms. The molecule has 2 amide bonds. The van der Waals surface area contributed by atoms with Crippen molar-refractivity contribution in [1.29, 1.82) is 0 Å². The molecular formula is C28H27N3O4. The van der Waals surface area contributed by atoms with Gasteiger partial charge in [0.25, 0.3) is 5.91 Å². The number of hydrogen-bond donors (Lipinski definition) is 1. The van der Waals surface area contributed by atoms with Gasteiger partial charge in [0.05, 0.1) is 31.9 Å². The molecule has 4 aromatic rings. The molecule has 178 valence electrons. The minimum absolute atomic E-state index is 0.110. The third-order valence-electron chi connectivity index (χ3n) is 6.77. The van der Waals surface area contributed by atoms with E-state index in [2.05, 4.69) is 5.32 Å². The third kappa shape index (κ3) is 3.69. The molecule has 1 N–H and O–H groups in total. The molecule has 5 rings (SSSR count). The molecule has 1 aromatic heterocycles. The van der Waals surface area contributed by atoms with Gasteiger partial charge in [-0.3, -0.25) is 9.59 Å². The highest BCUT2D eigenvalue weighted by Crippen LogP contribution is 2.45. The number of fused-ring (bicyclic) bond motifs is 2. The minimum atomic E-state index is -0.643. The number of ether oxygens (including phenoxy) is 2. The normalized spacial score (nSPS) is 17.3. The Kier molecular flexibility index (Phi) is 5.68. The van der Waals surface area contributed by atoms with E-state index in [1.807, 2.05) is 60.3 Å². The van der Waals surface area contributed by atoms with Gasteiger partial charge in [0, 0.05) is 48.4 Å². The summed E-state index contributed by atoms with van der Waals surface area (Å²) in [5.41, 5.74) is 3.70. The first-order valence-electron chi connectivity index (χ1n) is 11.4. The second-order valence-electron chi connectivity index (χ2n) is 8.69. The fourth-order valence-corrected chi connectivity index (χ4v) is 5.08. The molecule has 1 aliphatic rings. The van der Waals surface area contributed by atoms with Crippen LogP contribution in [0.15, 0.2) is 72.9 Å². The number of nitrogens with one attached hydrogen (secondary N) is 1. The van der Waals surface area contributed by atoms with Crippen molar-refractivity contribution in [2.45, 2.75) is 12.0 Å². The van der Waals surface area contributed by atoms with Gasteiger partial charge in [-0.15, -0.1) is 0 Å².